The number of H-pyrrole nitrogens is 1. The number of hydrogen-bond donors (Lipinski definition) is 2. The minimum Gasteiger partial charge on any atom is -0.497 e. The van der Waals surface area contributed by atoms with E-state index in [1.165, 1.54) is 19.2 Å². The zero-order valence-electron chi connectivity index (χ0n) is 14.4. The third-order valence-electron chi connectivity index (χ3n) is 4.06. The number of anilines is 1. The Labute approximate surface area is 156 Å². The van der Waals surface area contributed by atoms with Crippen molar-refractivity contribution in [2.24, 2.45) is 0 Å². The number of pyridine rings is 1. The van der Waals surface area contributed by atoms with Gasteiger partial charge in [-0.05, 0) is 54.6 Å². The second-order valence-electron chi connectivity index (χ2n) is 5.83. The number of aromatic amines is 1. The largest absolute Gasteiger partial charge is 0.497 e. The Morgan fingerprint density at radius 2 is 1.74 bits per heavy atom. The van der Waals surface area contributed by atoms with E-state index >= 15 is 0 Å². The van der Waals surface area contributed by atoms with Gasteiger partial charge in [-0.2, -0.15) is 0 Å². The van der Waals surface area contributed by atoms with Gasteiger partial charge in [0.15, 0.2) is 0 Å². The summed E-state index contributed by atoms with van der Waals surface area (Å²) in [5, 5.41) is 0. The van der Waals surface area contributed by atoms with Gasteiger partial charge in [-0.25, -0.2) is 13.4 Å². The number of sulfonamides is 1. The van der Waals surface area contributed by atoms with Gasteiger partial charge >= 0.3 is 0 Å². The van der Waals surface area contributed by atoms with Gasteiger partial charge in [0.1, 0.15) is 11.6 Å². The van der Waals surface area contributed by atoms with E-state index in [9.17, 15) is 8.42 Å². The number of nitrogens with zero attached hydrogens (tertiary/aromatic N) is 2. The SMILES string of the molecule is COc1ccc(S(=O)(=O)Nc2ccc3nc(-c4ccncc4)[nH]c3c2)cc1. The highest BCUT2D eigenvalue weighted by atomic mass is 32.2. The molecule has 0 unspecified atom stereocenters. The Hall–Kier alpha value is -3.39. The Balaban J connectivity index is 1.63. The van der Waals surface area contributed by atoms with Crippen LogP contribution in [0.25, 0.3) is 22.4 Å². The van der Waals surface area contributed by atoms with Crippen LogP contribution in [0.2, 0.25) is 0 Å². The highest BCUT2D eigenvalue weighted by Gasteiger charge is 2.15. The summed E-state index contributed by atoms with van der Waals surface area (Å²) in [5.41, 5.74) is 2.83. The van der Waals surface area contributed by atoms with Crippen molar-refractivity contribution in [3.05, 3.63) is 67.0 Å². The smallest absolute Gasteiger partial charge is 0.261 e. The average Bonchev–Trinajstić information content (AvgIpc) is 3.12. The van der Waals surface area contributed by atoms with Crippen molar-refractivity contribution in [1.29, 1.82) is 0 Å². The van der Waals surface area contributed by atoms with Crippen LogP contribution in [0.15, 0.2) is 71.9 Å². The van der Waals surface area contributed by atoms with Crippen LogP contribution in [0.3, 0.4) is 0 Å². The van der Waals surface area contributed by atoms with Crippen molar-refractivity contribution >= 4 is 26.7 Å². The molecule has 0 aliphatic rings. The van der Waals surface area contributed by atoms with Crippen molar-refractivity contribution in [1.82, 2.24) is 15.0 Å². The van der Waals surface area contributed by atoms with Crippen LogP contribution in [0, 0.1) is 0 Å². The maximum atomic E-state index is 12.6. The summed E-state index contributed by atoms with van der Waals surface area (Å²) in [6.45, 7) is 0. The van der Waals surface area contributed by atoms with E-state index in [0.717, 1.165) is 16.6 Å². The molecule has 2 heterocycles. The van der Waals surface area contributed by atoms with E-state index in [-0.39, 0.29) is 4.90 Å². The number of ether oxygens (including phenoxy) is 1. The summed E-state index contributed by atoms with van der Waals surface area (Å²) in [6, 6.07) is 15.1. The first-order valence-corrected chi connectivity index (χ1v) is 9.60. The van der Waals surface area contributed by atoms with Gasteiger partial charge in [-0.1, -0.05) is 0 Å². The molecule has 0 aliphatic heterocycles. The average molecular weight is 380 g/mol. The monoisotopic (exact) mass is 380 g/mol. The van der Waals surface area contributed by atoms with Gasteiger partial charge in [0, 0.05) is 18.0 Å². The fourth-order valence-electron chi connectivity index (χ4n) is 2.69. The molecule has 2 aromatic heterocycles. The minimum absolute atomic E-state index is 0.158. The molecule has 0 bridgehead atoms. The molecule has 7 nitrogen and oxygen atoms in total. The topological polar surface area (TPSA) is 97.0 Å². The highest BCUT2D eigenvalue weighted by Crippen LogP contribution is 2.24. The van der Waals surface area contributed by atoms with Crippen LogP contribution in [0.4, 0.5) is 5.69 Å². The number of rotatable bonds is 5. The van der Waals surface area contributed by atoms with E-state index in [1.54, 1.807) is 42.7 Å². The predicted molar refractivity (Wildman–Crippen MR) is 103 cm³/mol. The van der Waals surface area contributed by atoms with Gasteiger partial charge in [0.2, 0.25) is 0 Å². The molecule has 0 fully saturated rings. The Bertz CT molecular complexity index is 1190. The summed E-state index contributed by atoms with van der Waals surface area (Å²) < 4.78 is 32.8. The van der Waals surface area contributed by atoms with Crippen molar-refractivity contribution < 1.29 is 13.2 Å². The summed E-state index contributed by atoms with van der Waals surface area (Å²) in [5.74, 6) is 1.29. The lowest BCUT2D eigenvalue weighted by atomic mass is 10.2. The molecule has 4 aromatic rings. The summed E-state index contributed by atoms with van der Waals surface area (Å²) in [7, 11) is -2.17. The van der Waals surface area contributed by atoms with Crippen LogP contribution < -0.4 is 9.46 Å². The molecule has 0 radical (unpaired) electrons. The number of methoxy groups -OCH3 is 1. The van der Waals surface area contributed by atoms with Gasteiger partial charge in [-0.3, -0.25) is 9.71 Å². The molecule has 4 rings (SSSR count). The Morgan fingerprint density at radius 1 is 1.00 bits per heavy atom. The lowest BCUT2D eigenvalue weighted by molar-refractivity contribution is 0.414. The summed E-state index contributed by atoms with van der Waals surface area (Å²) in [6.07, 6.45) is 3.38. The van der Waals surface area contributed by atoms with Crippen LogP contribution in [0.1, 0.15) is 0 Å². The van der Waals surface area contributed by atoms with E-state index < -0.39 is 10.0 Å². The van der Waals surface area contributed by atoms with Crippen molar-refractivity contribution in [3.8, 4) is 17.1 Å². The van der Waals surface area contributed by atoms with Crippen LogP contribution in [0.5, 0.6) is 5.75 Å². The second-order valence-corrected chi connectivity index (χ2v) is 7.52. The number of nitrogens with one attached hydrogen (secondary N) is 2. The maximum Gasteiger partial charge on any atom is 0.261 e. The summed E-state index contributed by atoms with van der Waals surface area (Å²) >= 11 is 0. The standard InChI is InChI=1S/C19H16N4O3S/c1-26-15-3-5-16(6-4-15)27(24,25)23-14-2-7-17-18(12-14)22-19(21-17)13-8-10-20-11-9-13/h2-12,23H,1H3,(H,21,22). The molecule has 27 heavy (non-hydrogen) atoms. The second kappa shape index (κ2) is 6.73. The molecule has 2 aromatic carbocycles. The number of benzene rings is 2. The minimum atomic E-state index is -3.70. The van der Waals surface area contributed by atoms with Gasteiger partial charge in [0.25, 0.3) is 10.0 Å². The molecule has 8 heteroatoms. The molecule has 0 saturated carbocycles. The lowest BCUT2D eigenvalue weighted by Gasteiger charge is -2.08. The summed E-state index contributed by atoms with van der Waals surface area (Å²) in [4.78, 5) is 11.9. The quantitative estimate of drug-likeness (QED) is 0.553. The maximum absolute atomic E-state index is 12.6. The lowest BCUT2D eigenvalue weighted by Crippen LogP contribution is -2.12. The van der Waals surface area contributed by atoms with Crippen LogP contribution in [-0.4, -0.2) is 30.5 Å². The number of aromatic nitrogens is 3. The Kier molecular flexibility index (Phi) is 4.25. The molecule has 0 saturated heterocycles. The van der Waals surface area contributed by atoms with Gasteiger partial charge < -0.3 is 9.72 Å². The molecular formula is C19H16N4O3S. The van der Waals surface area contributed by atoms with Gasteiger partial charge in [-0.15, -0.1) is 0 Å². The zero-order chi connectivity index (χ0) is 18.9. The molecule has 0 aliphatic carbocycles. The van der Waals surface area contributed by atoms with Crippen molar-refractivity contribution in [3.63, 3.8) is 0 Å². The predicted octanol–water partition coefficient (Wildman–Crippen LogP) is 3.43. The fraction of sp³-hybridized carbons (Fsp3) is 0.0526. The first-order chi connectivity index (χ1) is 13.0. The van der Waals surface area contributed by atoms with Gasteiger partial charge in [0.05, 0.1) is 28.7 Å². The number of fused-ring (bicyclic) bond motifs is 1. The molecule has 136 valence electrons. The fourth-order valence-corrected chi connectivity index (χ4v) is 3.74. The molecule has 0 spiro atoms. The molecular weight excluding hydrogens is 364 g/mol. The van der Waals surface area contributed by atoms with Crippen LogP contribution in [-0.2, 0) is 10.0 Å². The van der Waals surface area contributed by atoms with E-state index in [2.05, 4.69) is 19.7 Å². The highest BCUT2D eigenvalue weighted by molar-refractivity contribution is 7.92. The Morgan fingerprint density at radius 3 is 2.44 bits per heavy atom. The first kappa shape index (κ1) is 17.0. The first-order valence-electron chi connectivity index (χ1n) is 8.12. The third-order valence-corrected chi connectivity index (χ3v) is 5.45. The third kappa shape index (κ3) is 3.47. The zero-order valence-corrected chi connectivity index (χ0v) is 15.2. The molecule has 0 atom stereocenters. The number of hydrogen-bond acceptors (Lipinski definition) is 5. The molecule has 0 amide bonds. The van der Waals surface area contributed by atoms with E-state index in [0.29, 0.717) is 17.3 Å². The van der Waals surface area contributed by atoms with E-state index in [4.69, 9.17) is 4.74 Å². The normalized spacial score (nSPS) is 11.4. The van der Waals surface area contributed by atoms with E-state index in [1.807, 2.05) is 12.1 Å². The number of imidazole rings is 1. The molecule has 2 N–H and O–H groups in total. The van der Waals surface area contributed by atoms with Crippen molar-refractivity contribution in [2.45, 2.75) is 4.90 Å². The van der Waals surface area contributed by atoms with Crippen molar-refractivity contribution in [2.75, 3.05) is 11.8 Å². The van der Waals surface area contributed by atoms with Crippen LogP contribution >= 0.6 is 0 Å².